The highest BCUT2D eigenvalue weighted by Gasteiger charge is 2.24. The molecule has 30 heavy (non-hydrogen) atoms. The number of anilines is 2. The molecule has 3 rings (SSSR count). The molecule has 0 aromatic heterocycles. The number of hydrogen-bond donors (Lipinski definition) is 1. The summed E-state index contributed by atoms with van der Waals surface area (Å²) in [4.78, 5) is 14.3. The van der Waals surface area contributed by atoms with E-state index >= 15 is 0 Å². The molecule has 0 saturated carbocycles. The molecule has 7 heteroatoms. The van der Waals surface area contributed by atoms with Gasteiger partial charge >= 0.3 is 6.03 Å². The fourth-order valence-corrected chi connectivity index (χ4v) is 3.60. The fraction of sp³-hybridized carbons (Fsp3) is 0.0870. The van der Waals surface area contributed by atoms with Crippen LogP contribution in [0.3, 0.4) is 0 Å². The molecule has 0 radical (unpaired) electrons. The molecule has 0 fully saturated rings. The van der Waals surface area contributed by atoms with Gasteiger partial charge in [-0.15, -0.1) is 0 Å². The summed E-state index contributed by atoms with van der Waals surface area (Å²) < 4.78 is 32.9. The number of rotatable bonds is 6. The summed E-state index contributed by atoms with van der Waals surface area (Å²) in [6.07, 6.45) is 1.48. The summed E-state index contributed by atoms with van der Waals surface area (Å²) in [5.74, 6) is 0.609. The second-order valence-corrected chi connectivity index (χ2v) is 8.30. The van der Waals surface area contributed by atoms with Crippen molar-refractivity contribution in [1.82, 2.24) is 4.72 Å². The molecule has 3 aromatic carbocycles. The van der Waals surface area contributed by atoms with E-state index < -0.39 is 16.1 Å². The van der Waals surface area contributed by atoms with Crippen molar-refractivity contribution >= 4 is 33.5 Å². The molecule has 0 bridgehead atoms. The summed E-state index contributed by atoms with van der Waals surface area (Å²) in [6, 6.07) is 23.9. The number of benzene rings is 3. The zero-order chi connectivity index (χ0) is 21.6. The lowest BCUT2D eigenvalue weighted by Gasteiger charge is -2.23. The Morgan fingerprint density at radius 3 is 2.00 bits per heavy atom. The number of nitrogens with zero attached hydrogens (tertiary/aromatic N) is 1. The number of urea groups is 1. The summed E-state index contributed by atoms with van der Waals surface area (Å²) in [7, 11) is -2.52. The van der Waals surface area contributed by atoms with Crippen LogP contribution in [-0.4, -0.2) is 21.6 Å². The van der Waals surface area contributed by atoms with E-state index in [0.29, 0.717) is 22.7 Å². The SMILES string of the molecule is COc1cccc(C=C(C)S(=O)(=O)NC(=O)N(c2ccccc2)c2ccccc2)c1. The third-order valence-electron chi connectivity index (χ3n) is 4.34. The van der Waals surface area contributed by atoms with E-state index in [9.17, 15) is 13.2 Å². The van der Waals surface area contributed by atoms with Crippen molar-refractivity contribution in [2.45, 2.75) is 6.92 Å². The van der Waals surface area contributed by atoms with Crippen molar-refractivity contribution in [3.63, 3.8) is 0 Å². The zero-order valence-electron chi connectivity index (χ0n) is 16.6. The fourth-order valence-electron chi connectivity index (χ4n) is 2.82. The highest BCUT2D eigenvalue weighted by Crippen LogP contribution is 2.25. The monoisotopic (exact) mass is 422 g/mol. The maximum atomic E-state index is 13.0. The van der Waals surface area contributed by atoms with Crippen LogP contribution in [0, 0.1) is 0 Å². The smallest absolute Gasteiger partial charge is 0.340 e. The van der Waals surface area contributed by atoms with Crippen molar-refractivity contribution in [3.8, 4) is 5.75 Å². The van der Waals surface area contributed by atoms with Crippen LogP contribution in [0.1, 0.15) is 12.5 Å². The van der Waals surface area contributed by atoms with Gasteiger partial charge in [0.15, 0.2) is 0 Å². The zero-order valence-corrected chi connectivity index (χ0v) is 17.5. The van der Waals surface area contributed by atoms with Gasteiger partial charge in [-0.25, -0.2) is 17.9 Å². The molecule has 2 amide bonds. The Morgan fingerprint density at radius 1 is 0.900 bits per heavy atom. The van der Waals surface area contributed by atoms with Gasteiger partial charge in [0.1, 0.15) is 5.75 Å². The Bertz CT molecular complexity index is 1100. The summed E-state index contributed by atoms with van der Waals surface area (Å²) in [5.41, 5.74) is 1.74. The van der Waals surface area contributed by atoms with Gasteiger partial charge < -0.3 is 4.74 Å². The Kier molecular flexibility index (Phi) is 6.54. The van der Waals surface area contributed by atoms with Gasteiger partial charge in [-0.2, -0.15) is 0 Å². The number of methoxy groups -OCH3 is 1. The van der Waals surface area contributed by atoms with E-state index in [4.69, 9.17) is 4.74 Å². The largest absolute Gasteiger partial charge is 0.497 e. The predicted molar refractivity (Wildman–Crippen MR) is 119 cm³/mol. The highest BCUT2D eigenvalue weighted by molar-refractivity contribution is 7.94. The summed E-state index contributed by atoms with van der Waals surface area (Å²) in [6.45, 7) is 1.43. The number of allylic oxidation sites excluding steroid dienone is 1. The minimum absolute atomic E-state index is 0.00479. The number of carbonyl (C=O) groups excluding carboxylic acids is 1. The van der Waals surface area contributed by atoms with E-state index in [-0.39, 0.29) is 4.91 Å². The van der Waals surface area contributed by atoms with Gasteiger partial charge in [0, 0.05) is 0 Å². The van der Waals surface area contributed by atoms with Crippen LogP contribution in [0.15, 0.2) is 89.8 Å². The minimum atomic E-state index is -4.06. The molecule has 0 spiro atoms. The first-order valence-electron chi connectivity index (χ1n) is 9.20. The van der Waals surface area contributed by atoms with Crippen molar-refractivity contribution in [2.75, 3.05) is 12.0 Å². The Balaban J connectivity index is 1.89. The normalized spacial score (nSPS) is 11.6. The molecular formula is C23H22N2O4S. The molecule has 3 aromatic rings. The number of ether oxygens (including phenoxy) is 1. The molecular weight excluding hydrogens is 400 g/mol. The van der Waals surface area contributed by atoms with Gasteiger partial charge in [0.05, 0.1) is 23.4 Å². The van der Waals surface area contributed by atoms with E-state index in [0.717, 1.165) is 0 Å². The molecule has 0 heterocycles. The predicted octanol–water partition coefficient (Wildman–Crippen LogP) is 4.93. The van der Waals surface area contributed by atoms with Crippen molar-refractivity contribution < 1.29 is 17.9 Å². The summed E-state index contributed by atoms with van der Waals surface area (Å²) in [5, 5.41) is 0. The van der Waals surface area contributed by atoms with Crippen LogP contribution < -0.4 is 14.4 Å². The molecule has 0 aliphatic rings. The number of carbonyl (C=O) groups is 1. The Hall–Kier alpha value is -3.58. The molecule has 0 aliphatic carbocycles. The number of nitrogens with one attached hydrogen (secondary N) is 1. The van der Waals surface area contributed by atoms with E-state index in [1.165, 1.54) is 25.0 Å². The van der Waals surface area contributed by atoms with Crippen LogP contribution in [0.4, 0.5) is 16.2 Å². The van der Waals surface area contributed by atoms with Crippen LogP contribution >= 0.6 is 0 Å². The van der Waals surface area contributed by atoms with Crippen LogP contribution in [0.5, 0.6) is 5.75 Å². The third kappa shape index (κ3) is 5.07. The average molecular weight is 423 g/mol. The van der Waals surface area contributed by atoms with Crippen molar-refractivity contribution in [1.29, 1.82) is 0 Å². The van der Waals surface area contributed by atoms with E-state index in [1.807, 2.05) is 12.1 Å². The first-order valence-corrected chi connectivity index (χ1v) is 10.7. The maximum absolute atomic E-state index is 13.0. The number of sulfonamides is 1. The molecule has 0 unspecified atom stereocenters. The topological polar surface area (TPSA) is 75.7 Å². The van der Waals surface area contributed by atoms with Gasteiger partial charge in [0.2, 0.25) is 0 Å². The Morgan fingerprint density at radius 2 is 1.47 bits per heavy atom. The first-order chi connectivity index (χ1) is 14.4. The lowest BCUT2D eigenvalue weighted by atomic mass is 10.2. The van der Waals surface area contributed by atoms with Crippen LogP contribution in [0.25, 0.3) is 6.08 Å². The molecule has 0 aliphatic heterocycles. The lowest BCUT2D eigenvalue weighted by Crippen LogP contribution is -2.40. The molecule has 1 N–H and O–H groups in total. The van der Waals surface area contributed by atoms with Gasteiger partial charge in [0.25, 0.3) is 10.0 Å². The molecule has 154 valence electrons. The van der Waals surface area contributed by atoms with Crippen molar-refractivity contribution in [2.24, 2.45) is 0 Å². The van der Waals surface area contributed by atoms with E-state index in [1.54, 1.807) is 72.8 Å². The molecule has 0 atom stereocenters. The third-order valence-corrected chi connectivity index (χ3v) is 5.75. The average Bonchev–Trinajstić information content (AvgIpc) is 2.75. The second kappa shape index (κ2) is 9.28. The summed E-state index contributed by atoms with van der Waals surface area (Å²) >= 11 is 0. The maximum Gasteiger partial charge on any atom is 0.340 e. The van der Waals surface area contributed by atoms with E-state index in [2.05, 4.69) is 4.72 Å². The van der Waals surface area contributed by atoms with Crippen LogP contribution in [0.2, 0.25) is 0 Å². The second-order valence-electron chi connectivity index (χ2n) is 6.45. The quantitative estimate of drug-likeness (QED) is 0.611. The van der Waals surface area contributed by atoms with Crippen molar-refractivity contribution in [3.05, 3.63) is 95.4 Å². The van der Waals surface area contributed by atoms with Gasteiger partial charge in [-0.1, -0.05) is 48.5 Å². The number of amides is 2. The van der Waals surface area contributed by atoms with Crippen LogP contribution in [-0.2, 0) is 10.0 Å². The number of para-hydroxylation sites is 2. The van der Waals surface area contributed by atoms with Gasteiger partial charge in [-0.05, 0) is 55.0 Å². The number of hydrogen-bond acceptors (Lipinski definition) is 4. The van der Waals surface area contributed by atoms with Gasteiger partial charge in [-0.3, -0.25) is 4.90 Å². The minimum Gasteiger partial charge on any atom is -0.497 e. The lowest BCUT2D eigenvalue weighted by molar-refractivity contribution is 0.253. The standard InChI is InChI=1S/C23H22N2O4S/c1-18(16-19-10-9-15-22(17-19)29-2)30(27,28)24-23(26)25(20-11-5-3-6-12-20)21-13-7-4-8-14-21/h3-17H,1-2H3,(H,24,26). The highest BCUT2D eigenvalue weighted by atomic mass is 32.2. The Labute approximate surface area is 176 Å². The first kappa shape index (κ1) is 21.1. The molecule has 6 nitrogen and oxygen atoms in total. The molecule has 0 saturated heterocycles.